The first-order valence-corrected chi connectivity index (χ1v) is 11.1. The molecular weight excluding hydrogens is 330 g/mol. The van der Waals surface area contributed by atoms with Crippen molar-refractivity contribution in [1.29, 1.82) is 0 Å². The van der Waals surface area contributed by atoms with Crippen LogP contribution in [0.5, 0.6) is 0 Å². The number of aliphatic hydroxyl groups excluding tert-OH is 1. The maximum absolute atomic E-state index is 10.0. The van der Waals surface area contributed by atoms with Crippen LogP contribution in [-0.4, -0.2) is 71.2 Å². The number of aliphatic hydroxyl groups is 1. The molecule has 1 spiro atoms. The first-order chi connectivity index (χ1) is 12.3. The van der Waals surface area contributed by atoms with Gasteiger partial charge in [0.15, 0.2) is 0 Å². The minimum atomic E-state index is 0.349. The van der Waals surface area contributed by atoms with E-state index in [9.17, 15) is 5.11 Å². The maximum Gasteiger partial charge on any atom is 0.0476 e. The summed E-state index contributed by atoms with van der Waals surface area (Å²) in [5.41, 5.74) is 1.68. The van der Waals surface area contributed by atoms with Crippen molar-refractivity contribution in [2.75, 3.05) is 51.3 Å². The van der Waals surface area contributed by atoms with Crippen molar-refractivity contribution in [3.63, 3.8) is 0 Å². The van der Waals surface area contributed by atoms with Gasteiger partial charge in [-0.15, -0.1) is 0 Å². The summed E-state index contributed by atoms with van der Waals surface area (Å²) in [7, 11) is 0. The molecule has 1 atom stereocenters. The highest BCUT2D eigenvalue weighted by Crippen LogP contribution is 2.45. The highest BCUT2D eigenvalue weighted by Gasteiger charge is 2.44. The maximum atomic E-state index is 10.0. The van der Waals surface area contributed by atoms with Crippen LogP contribution in [0.15, 0.2) is 24.5 Å². The minimum Gasteiger partial charge on any atom is -0.396 e. The van der Waals surface area contributed by atoms with Crippen molar-refractivity contribution in [1.82, 2.24) is 14.8 Å². The molecule has 0 bridgehead atoms. The zero-order chi connectivity index (χ0) is 17.5. The van der Waals surface area contributed by atoms with E-state index in [0.717, 1.165) is 26.2 Å². The van der Waals surface area contributed by atoms with Crippen LogP contribution < -0.4 is 0 Å². The molecular formula is C20H33N3OS. The van der Waals surface area contributed by atoms with Gasteiger partial charge in [-0.1, -0.05) is 6.07 Å². The lowest BCUT2D eigenvalue weighted by atomic mass is 9.64. The van der Waals surface area contributed by atoms with E-state index < -0.39 is 0 Å². The van der Waals surface area contributed by atoms with Gasteiger partial charge in [-0.05, 0) is 80.9 Å². The van der Waals surface area contributed by atoms with Gasteiger partial charge >= 0.3 is 0 Å². The number of hydrogen-bond donors (Lipinski definition) is 1. The second-order valence-corrected chi connectivity index (χ2v) is 8.76. The molecule has 2 aliphatic heterocycles. The molecule has 5 heteroatoms. The SMILES string of the molecule is CSCCCN1CCC2(CCN(Cc3cccnc3)CC2)C(CO)C1. The molecule has 0 aliphatic carbocycles. The fourth-order valence-electron chi connectivity index (χ4n) is 4.63. The molecule has 2 fully saturated rings. The fourth-order valence-corrected chi connectivity index (χ4v) is 5.05. The normalized spacial score (nSPS) is 24.6. The van der Waals surface area contributed by atoms with Crippen molar-refractivity contribution in [2.45, 2.75) is 32.2 Å². The molecule has 1 N–H and O–H groups in total. The third-order valence-corrected chi connectivity index (χ3v) is 6.99. The van der Waals surface area contributed by atoms with E-state index in [-0.39, 0.29) is 0 Å². The number of hydrogen-bond acceptors (Lipinski definition) is 5. The first kappa shape index (κ1) is 19.2. The molecule has 25 heavy (non-hydrogen) atoms. The van der Waals surface area contributed by atoms with E-state index in [1.54, 1.807) is 0 Å². The van der Waals surface area contributed by atoms with E-state index in [1.165, 1.54) is 50.1 Å². The average Bonchev–Trinajstić information content (AvgIpc) is 2.66. The summed E-state index contributed by atoms with van der Waals surface area (Å²) in [5, 5.41) is 10.0. The van der Waals surface area contributed by atoms with Gasteiger partial charge in [-0.2, -0.15) is 11.8 Å². The summed E-state index contributed by atoms with van der Waals surface area (Å²) >= 11 is 1.93. The van der Waals surface area contributed by atoms with Gasteiger partial charge < -0.3 is 10.0 Å². The van der Waals surface area contributed by atoms with Crippen molar-refractivity contribution in [3.8, 4) is 0 Å². The van der Waals surface area contributed by atoms with Gasteiger partial charge in [0.1, 0.15) is 0 Å². The van der Waals surface area contributed by atoms with Crippen LogP contribution in [0.1, 0.15) is 31.2 Å². The van der Waals surface area contributed by atoms with E-state index in [0.29, 0.717) is 17.9 Å². The molecule has 4 nitrogen and oxygen atoms in total. The van der Waals surface area contributed by atoms with Crippen LogP contribution in [0.25, 0.3) is 0 Å². The zero-order valence-corrected chi connectivity index (χ0v) is 16.4. The highest BCUT2D eigenvalue weighted by atomic mass is 32.2. The summed E-state index contributed by atoms with van der Waals surface area (Å²) in [4.78, 5) is 9.38. The van der Waals surface area contributed by atoms with Gasteiger partial charge in [-0.3, -0.25) is 9.88 Å². The Kier molecular flexibility index (Phi) is 7.17. The summed E-state index contributed by atoms with van der Waals surface area (Å²) in [6.07, 6.45) is 11.0. The van der Waals surface area contributed by atoms with Gasteiger partial charge in [0, 0.05) is 38.0 Å². The predicted molar refractivity (Wildman–Crippen MR) is 106 cm³/mol. The zero-order valence-electron chi connectivity index (χ0n) is 15.6. The standard InChI is InChI=1S/C20H33N3OS/c1-25-13-3-9-22-10-5-20(19(16-22)17-24)6-11-23(12-7-20)15-18-4-2-8-21-14-18/h2,4,8,14,19,24H,3,5-7,9-13,15-17H2,1H3. The lowest BCUT2D eigenvalue weighted by Gasteiger charge is -2.51. The number of thioether (sulfide) groups is 1. The average molecular weight is 364 g/mol. The third kappa shape index (κ3) is 4.97. The Labute approximate surface area is 157 Å². The molecule has 2 aliphatic rings. The molecule has 3 heterocycles. The highest BCUT2D eigenvalue weighted by molar-refractivity contribution is 7.98. The lowest BCUT2D eigenvalue weighted by molar-refractivity contribution is -0.0427. The molecule has 2 saturated heterocycles. The van der Waals surface area contributed by atoms with Crippen LogP contribution in [0.2, 0.25) is 0 Å². The third-order valence-electron chi connectivity index (χ3n) is 6.29. The summed E-state index contributed by atoms with van der Waals surface area (Å²) in [5.74, 6) is 1.70. The van der Waals surface area contributed by atoms with Crippen LogP contribution in [0, 0.1) is 11.3 Å². The minimum absolute atomic E-state index is 0.349. The Morgan fingerprint density at radius 1 is 1.24 bits per heavy atom. The quantitative estimate of drug-likeness (QED) is 0.754. The lowest BCUT2D eigenvalue weighted by Crippen LogP contribution is -2.53. The number of piperidine rings is 2. The summed E-state index contributed by atoms with van der Waals surface area (Å²) < 4.78 is 0. The Morgan fingerprint density at radius 2 is 2.00 bits per heavy atom. The Morgan fingerprint density at radius 3 is 2.64 bits per heavy atom. The van der Waals surface area contributed by atoms with Gasteiger partial charge in [0.25, 0.3) is 0 Å². The first-order valence-electron chi connectivity index (χ1n) is 9.69. The van der Waals surface area contributed by atoms with E-state index in [4.69, 9.17) is 0 Å². The van der Waals surface area contributed by atoms with E-state index in [2.05, 4.69) is 27.1 Å². The number of aromatic nitrogens is 1. The number of pyridine rings is 1. The smallest absolute Gasteiger partial charge is 0.0476 e. The van der Waals surface area contributed by atoms with Crippen molar-refractivity contribution in [3.05, 3.63) is 30.1 Å². The van der Waals surface area contributed by atoms with Crippen molar-refractivity contribution in [2.24, 2.45) is 11.3 Å². The van der Waals surface area contributed by atoms with Crippen LogP contribution in [0.3, 0.4) is 0 Å². The molecule has 0 saturated carbocycles. The monoisotopic (exact) mass is 363 g/mol. The van der Waals surface area contributed by atoms with Crippen LogP contribution >= 0.6 is 11.8 Å². The topological polar surface area (TPSA) is 39.6 Å². The van der Waals surface area contributed by atoms with E-state index in [1.807, 2.05) is 30.2 Å². The number of rotatable bonds is 7. The molecule has 0 aromatic carbocycles. The number of likely N-dealkylation sites (tertiary alicyclic amines) is 2. The molecule has 140 valence electrons. The van der Waals surface area contributed by atoms with Gasteiger partial charge in [0.2, 0.25) is 0 Å². The van der Waals surface area contributed by atoms with E-state index >= 15 is 0 Å². The van der Waals surface area contributed by atoms with Crippen LogP contribution in [0.4, 0.5) is 0 Å². The molecule has 0 amide bonds. The Bertz CT molecular complexity index is 505. The largest absolute Gasteiger partial charge is 0.396 e. The summed E-state index contributed by atoms with van der Waals surface area (Å²) in [6.45, 7) is 7.16. The predicted octanol–water partition coefficient (Wildman–Crippen LogP) is 2.73. The number of nitrogens with zero attached hydrogens (tertiary/aromatic N) is 3. The summed E-state index contributed by atoms with van der Waals surface area (Å²) in [6, 6.07) is 4.19. The molecule has 1 unspecified atom stereocenters. The second-order valence-electron chi connectivity index (χ2n) is 7.78. The van der Waals surface area contributed by atoms with Gasteiger partial charge in [-0.25, -0.2) is 0 Å². The fraction of sp³-hybridized carbons (Fsp3) is 0.750. The molecule has 3 rings (SSSR count). The van der Waals surface area contributed by atoms with Crippen molar-refractivity contribution < 1.29 is 5.11 Å². The second kappa shape index (κ2) is 9.36. The molecule has 1 aromatic rings. The van der Waals surface area contributed by atoms with Gasteiger partial charge in [0.05, 0.1) is 0 Å². The Balaban J connectivity index is 1.51. The Hall–Kier alpha value is -0.620. The van der Waals surface area contributed by atoms with Crippen LogP contribution in [-0.2, 0) is 6.54 Å². The molecule has 0 radical (unpaired) electrons. The molecule has 1 aromatic heterocycles. The van der Waals surface area contributed by atoms with Crippen molar-refractivity contribution >= 4 is 11.8 Å².